The summed E-state index contributed by atoms with van der Waals surface area (Å²) in [5.74, 6) is -1.54. The Morgan fingerprint density at radius 3 is 2.36 bits per heavy atom. The molecule has 2 bridgehead atoms. The molecule has 234 valence electrons. The molecular weight excluding hydrogens is 534 g/mol. The van der Waals surface area contributed by atoms with Crippen LogP contribution in [0.3, 0.4) is 0 Å². The van der Waals surface area contributed by atoms with Crippen molar-refractivity contribution in [3.8, 4) is 5.75 Å². The molecule has 0 radical (unpaired) electrons. The zero-order chi connectivity index (χ0) is 31.1. The summed E-state index contributed by atoms with van der Waals surface area (Å²) in [6.07, 6.45) is 3.29. The molecule has 9 heteroatoms. The number of rotatable bonds is 12. The van der Waals surface area contributed by atoms with E-state index in [9.17, 15) is 19.5 Å². The fraction of sp³-hybridized carbons (Fsp3) is 0.727. The second-order valence-electron chi connectivity index (χ2n) is 14.6. The summed E-state index contributed by atoms with van der Waals surface area (Å²) in [4.78, 5) is 44.2. The number of unbranched alkanes of at least 4 members (excludes halogenated alkanes) is 2. The van der Waals surface area contributed by atoms with Gasteiger partial charge in [0.15, 0.2) is 0 Å². The van der Waals surface area contributed by atoms with Crippen LogP contribution in [0.1, 0.15) is 87.5 Å². The number of ether oxygens (including phenoxy) is 2. The van der Waals surface area contributed by atoms with E-state index >= 15 is 0 Å². The van der Waals surface area contributed by atoms with Crippen LogP contribution in [-0.2, 0) is 19.1 Å². The standard InChI is InChI=1S/C33H51N3O6/c1-9-41-23-15-13-22(14-16-23)34-27(38)24-25-29(40)36(17-11-10-12-18-37)26(33(25)19-21(2)32(24,8)42-33)28(39)35-31(6,7)20-30(3,4)5/h13-16,21,24-26,37H,9-12,17-20H2,1-8H3,(H,34,38)(H,35,39)/t21?,24-,25+,26?,32+,33?/m1/s1. The lowest BCUT2D eigenvalue weighted by Gasteiger charge is -2.38. The SMILES string of the molecule is CCOc1ccc(NC(=O)[C@H]2[C@H]3C(=O)N(CCCCCO)C(C(=O)NC(C)(C)CC(C)(C)C)C34CC(C)[C@]2(C)O4)cc1. The van der Waals surface area contributed by atoms with Crippen molar-refractivity contribution in [2.75, 3.05) is 25.1 Å². The highest BCUT2D eigenvalue weighted by atomic mass is 16.5. The van der Waals surface area contributed by atoms with Crippen LogP contribution in [0.2, 0.25) is 0 Å². The van der Waals surface area contributed by atoms with Gasteiger partial charge in [0, 0.05) is 24.4 Å². The number of nitrogens with zero attached hydrogens (tertiary/aromatic N) is 1. The minimum absolute atomic E-state index is 0.0125. The van der Waals surface area contributed by atoms with Crippen LogP contribution in [0.4, 0.5) is 5.69 Å². The Morgan fingerprint density at radius 1 is 1.10 bits per heavy atom. The maximum Gasteiger partial charge on any atom is 0.246 e. The Labute approximate surface area is 251 Å². The van der Waals surface area contributed by atoms with E-state index in [2.05, 4.69) is 38.3 Å². The molecule has 3 amide bonds. The van der Waals surface area contributed by atoms with Crippen LogP contribution in [0.15, 0.2) is 24.3 Å². The number of carbonyl (C=O) groups is 3. The van der Waals surface area contributed by atoms with Crippen molar-refractivity contribution < 1.29 is 29.0 Å². The van der Waals surface area contributed by atoms with E-state index < -0.39 is 34.6 Å². The van der Waals surface area contributed by atoms with Crippen LogP contribution < -0.4 is 15.4 Å². The molecule has 3 aliphatic rings. The van der Waals surface area contributed by atoms with E-state index in [0.29, 0.717) is 43.9 Å². The smallest absolute Gasteiger partial charge is 0.246 e. The number of anilines is 1. The maximum atomic E-state index is 14.3. The van der Waals surface area contributed by atoms with Crippen molar-refractivity contribution in [2.24, 2.45) is 23.2 Å². The molecule has 1 aromatic carbocycles. The van der Waals surface area contributed by atoms with Gasteiger partial charge >= 0.3 is 0 Å². The predicted octanol–water partition coefficient (Wildman–Crippen LogP) is 4.53. The first kappa shape index (κ1) is 32.3. The van der Waals surface area contributed by atoms with E-state index in [4.69, 9.17) is 9.47 Å². The van der Waals surface area contributed by atoms with Crippen molar-refractivity contribution in [2.45, 2.75) is 110 Å². The molecule has 42 heavy (non-hydrogen) atoms. The number of nitrogens with one attached hydrogen (secondary N) is 2. The molecule has 3 unspecified atom stereocenters. The van der Waals surface area contributed by atoms with Gasteiger partial charge in [-0.3, -0.25) is 14.4 Å². The Balaban J connectivity index is 1.67. The van der Waals surface area contributed by atoms with Gasteiger partial charge in [0.05, 0.1) is 24.0 Å². The van der Waals surface area contributed by atoms with Crippen LogP contribution in [0.5, 0.6) is 5.75 Å². The Morgan fingerprint density at radius 2 is 1.76 bits per heavy atom. The quantitative estimate of drug-likeness (QED) is 0.311. The van der Waals surface area contributed by atoms with Gasteiger partial charge in [-0.2, -0.15) is 0 Å². The lowest BCUT2D eigenvalue weighted by molar-refractivity contribution is -0.147. The summed E-state index contributed by atoms with van der Waals surface area (Å²) < 4.78 is 12.4. The number of hydrogen-bond donors (Lipinski definition) is 3. The van der Waals surface area contributed by atoms with Gasteiger partial charge in [-0.15, -0.1) is 0 Å². The average molecular weight is 586 g/mol. The molecule has 3 heterocycles. The van der Waals surface area contributed by atoms with Gasteiger partial charge in [0.1, 0.15) is 17.4 Å². The summed E-state index contributed by atoms with van der Waals surface area (Å²) in [6, 6.07) is 6.34. The normalized spacial score (nSPS) is 30.4. The molecule has 0 saturated carbocycles. The first-order valence-electron chi connectivity index (χ1n) is 15.6. The lowest BCUT2D eigenvalue weighted by atomic mass is 9.62. The van der Waals surface area contributed by atoms with Crippen molar-refractivity contribution in [1.29, 1.82) is 0 Å². The third kappa shape index (κ3) is 6.05. The number of fused-ring (bicyclic) bond motifs is 1. The number of likely N-dealkylation sites (tertiary alicyclic amines) is 1. The van der Waals surface area contributed by atoms with Gasteiger partial charge < -0.3 is 30.1 Å². The van der Waals surface area contributed by atoms with Gasteiger partial charge in [-0.25, -0.2) is 0 Å². The van der Waals surface area contributed by atoms with E-state index in [1.54, 1.807) is 29.2 Å². The number of hydrogen-bond acceptors (Lipinski definition) is 6. The molecule has 3 saturated heterocycles. The first-order chi connectivity index (χ1) is 19.6. The van der Waals surface area contributed by atoms with Crippen molar-refractivity contribution in [3.63, 3.8) is 0 Å². The number of amides is 3. The summed E-state index contributed by atoms with van der Waals surface area (Å²) in [5, 5.41) is 15.6. The fourth-order valence-corrected chi connectivity index (χ4v) is 8.04. The molecule has 1 aromatic rings. The van der Waals surface area contributed by atoms with E-state index in [1.807, 2.05) is 27.7 Å². The van der Waals surface area contributed by atoms with Crippen LogP contribution >= 0.6 is 0 Å². The molecule has 9 nitrogen and oxygen atoms in total. The van der Waals surface area contributed by atoms with E-state index in [-0.39, 0.29) is 35.7 Å². The lowest BCUT2D eigenvalue weighted by Crippen LogP contribution is -2.59. The zero-order valence-corrected chi connectivity index (χ0v) is 26.7. The highest BCUT2D eigenvalue weighted by Gasteiger charge is 2.79. The summed E-state index contributed by atoms with van der Waals surface area (Å²) in [7, 11) is 0. The third-order valence-corrected chi connectivity index (χ3v) is 9.27. The van der Waals surface area contributed by atoms with Crippen molar-refractivity contribution in [3.05, 3.63) is 24.3 Å². The first-order valence-corrected chi connectivity index (χ1v) is 15.6. The van der Waals surface area contributed by atoms with Gasteiger partial charge in [0.2, 0.25) is 17.7 Å². The fourth-order valence-electron chi connectivity index (χ4n) is 8.04. The van der Waals surface area contributed by atoms with Crippen molar-refractivity contribution in [1.82, 2.24) is 10.2 Å². The molecular formula is C33H51N3O6. The molecule has 4 rings (SSSR count). The zero-order valence-electron chi connectivity index (χ0n) is 26.7. The summed E-state index contributed by atoms with van der Waals surface area (Å²) >= 11 is 0. The average Bonchev–Trinajstić information content (AvgIpc) is 3.38. The monoisotopic (exact) mass is 585 g/mol. The summed E-state index contributed by atoms with van der Waals surface area (Å²) in [5.41, 5.74) is -1.89. The second kappa shape index (κ2) is 11.8. The Bertz CT molecular complexity index is 1160. The van der Waals surface area contributed by atoms with Gasteiger partial charge in [0.25, 0.3) is 0 Å². The molecule has 3 aliphatic heterocycles. The van der Waals surface area contributed by atoms with Crippen molar-refractivity contribution >= 4 is 23.4 Å². The Kier molecular flexibility index (Phi) is 9.06. The van der Waals surface area contributed by atoms with Crippen LogP contribution in [-0.4, -0.2) is 70.3 Å². The minimum atomic E-state index is -1.09. The number of aliphatic hydroxyl groups is 1. The second-order valence-corrected chi connectivity index (χ2v) is 14.6. The predicted molar refractivity (Wildman–Crippen MR) is 162 cm³/mol. The van der Waals surface area contributed by atoms with Crippen LogP contribution in [0.25, 0.3) is 0 Å². The molecule has 3 fully saturated rings. The molecule has 0 aromatic heterocycles. The third-order valence-electron chi connectivity index (χ3n) is 9.27. The van der Waals surface area contributed by atoms with Gasteiger partial charge in [-0.05, 0) is 95.4 Å². The highest BCUT2D eigenvalue weighted by Crippen LogP contribution is 2.65. The largest absolute Gasteiger partial charge is 0.494 e. The number of benzene rings is 1. The summed E-state index contributed by atoms with van der Waals surface area (Å²) in [6.45, 7) is 17.3. The van der Waals surface area contributed by atoms with E-state index in [0.717, 1.165) is 12.8 Å². The highest BCUT2D eigenvalue weighted by molar-refractivity contribution is 6.02. The number of carbonyl (C=O) groups excluding carboxylic acids is 3. The van der Waals surface area contributed by atoms with Gasteiger partial charge in [-0.1, -0.05) is 27.7 Å². The molecule has 6 atom stereocenters. The van der Waals surface area contributed by atoms with Crippen LogP contribution in [0, 0.1) is 23.2 Å². The number of aliphatic hydroxyl groups excluding tert-OH is 1. The maximum absolute atomic E-state index is 14.3. The molecule has 1 spiro atoms. The minimum Gasteiger partial charge on any atom is -0.494 e. The molecule has 3 N–H and O–H groups in total. The topological polar surface area (TPSA) is 117 Å². The molecule has 0 aliphatic carbocycles. The van der Waals surface area contributed by atoms with E-state index in [1.165, 1.54) is 0 Å². The Hall–Kier alpha value is -2.65.